The van der Waals surface area contributed by atoms with Crippen LogP contribution in [0.4, 0.5) is 4.79 Å². The Morgan fingerprint density at radius 1 is 1.10 bits per heavy atom. The number of aryl methyl sites for hydroxylation is 1. The van der Waals surface area contributed by atoms with Gasteiger partial charge in [0.25, 0.3) is 5.91 Å². The molecule has 1 aliphatic rings. The van der Waals surface area contributed by atoms with Crippen LogP contribution in [0.25, 0.3) is 0 Å². The summed E-state index contributed by atoms with van der Waals surface area (Å²) in [6, 6.07) is 5.74. The predicted molar refractivity (Wildman–Crippen MR) is 107 cm³/mol. The molecule has 2 N–H and O–H groups in total. The summed E-state index contributed by atoms with van der Waals surface area (Å²) in [5.41, 5.74) is 0.927. The Morgan fingerprint density at radius 2 is 1.72 bits per heavy atom. The average molecular weight is 425 g/mol. The molecule has 0 aliphatic heterocycles. The Kier molecular flexibility index (Phi) is 8.19. The van der Waals surface area contributed by atoms with Crippen molar-refractivity contribution >= 4 is 27.7 Å². The zero-order valence-corrected chi connectivity index (χ0v) is 17.6. The molecule has 1 saturated carbocycles. The first kappa shape index (κ1) is 22.9. The second-order valence-electron chi connectivity index (χ2n) is 7.31. The number of hydrogen-bond acceptors (Lipinski definition) is 6. The minimum atomic E-state index is -3.63. The molecule has 1 fully saturated rings. The van der Waals surface area contributed by atoms with Crippen LogP contribution in [-0.4, -0.2) is 44.2 Å². The van der Waals surface area contributed by atoms with E-state index in [0.29, 0.717) is 0 Å². The van der Waals surface area contributed by atoms with Gasteiger partial charge in [-0.15, -0.1) is 0 Å². The van der Waals surface area contributed by atoms with Crippen LogP contribution in [0.3, 0.4) is 0 Å². The van der Waals surface area contributed by atoms with Crippen LogP contribution < -0.4 is 10.6 Å². The van der Waals surface area contributed by atoms with Crippen molar-refractivity contribution < 1.29 is 27.5 Å². The standard InChI is InChI=1S/C20H28N2O6S/c1-14-8-10-17(11-9-14)29(26,27)13-12-18(23)28-15(2)19(24)22-20(25)21-16-6-4-3-5-7-16/h8-11,15-16H,3-7,12-13H2,1-2H3,(H2,21,22,24,25). The lowest BCUT2D eigenvalue weighted by molar-refractivity contribution is -0.154. The van der Waals surface area contributed by atoms with Crippen molar-refractivity contribution in [3.05, 3.63) is 29.8 Å². The smallest absolute Gasteiger partial charge is 0.321 e. The van der Waals surface area contributed by atoms with Gasteiger partial charge in [-0.1, -0.05) is 37.0 Å². The minimum Gasteiger partial charge on any atom is -0.453 e. The van der Waals surface area contributed by atoms with Crippen LogP contribution >= 0.6 is 0 Å². The topological polar surface area (TPSA) is 119 Å². The van der Waals surface area contributed by atoms with E-state index in [4.69, 9.17) is 4.74 Å². The SMILES string of the molecule is Cc1ccc(S(=O)(=O)CCC(=O)OC(C)C(=O)NC(=O)NC2CCCCC2)cc1. The van der Waals surface area contributed by atoms with E-state index in [-0.39, 0.29) is 17.4 Å². The Labute approximate surface area is 171 Å². The summed E-state index contributed by atoms with van der Waals surface area (Å²) in [5.74, 6) is -2.00. The first-order chi connectivity index (χ1) is 13.7. The first-order valence-electron chi connectivity index (χ1n) is 9.77. The number of hydrogen-bond donors (Lipinski definition) is 2. The van der Waals surface area contributed by atoms with Gasteiger partial charge in [0.05, 0.1) is 17.1 Å². The third-order valence-electron chi connectivity index (χ3n) is 4.81. The summed E-state index contributed by atoms with van der Waals surface area (Å²) < 4.78 is 29.5. The maximum absolute atomic E-state index is 12.3. The summed E-state index contributed by atoms with van der Waals surface area (Å²) in [5, 5.41) is 4.89. The molecule has 1 aromatic rings. The quantitative estimate of drug-likeness (QED) is 0.648. The highest BCUT2D eigenvalue weighted by atomic mass is 32.2. The maximum Gasteiger partial charge on any atom is 0.321 e. The summed E-state index contributed by atoms with van der Waals surface area (Å²) in [4.78, 5) is 36.0. The molecule has 160 valence electrons. The molecule has 1 atom stereocenters. The second kappa shape index (κ2) is 10.4. The molecule has 0 radical (unpaired) electrons. The van der Waals surface area contributed by atoms with Crippen molar-refractivity contribution in [2.45, 2.75) is 69.4 Å². The molecular formula is C20H28N2O6S. The molecule has 0 aromatic heterocycles. The molecule has 0 bridgehead atoms. The highest BCUT2D eigenvalue weighted by Crippen LogP contribution is 2.17. The number of urea groups is 1. The maximum atomic E-state index is 12.3. The molecule has 8 nitrogen and oxygen atoms in total. The fourth-order valence-electron chi connectivity index (χ4n) is 3.07. The number of benzene rings is 1. The minimum absolute atomic E-state index is 0.0430. The van der Waals surface area contributed by atoms with Crippen LogP contribution in [0, 0.1) is 6.92 Å². The van der Waals surface area contributed by atoms with E-state index in [1.165, 1.54) is 19.1 Å². The lowest BCUT2D eigenvalue weighted by Gasteiger charge is -2.23. The third kappa shape index (κ3) is 7.49. The van der Waals surface area contributed by atoms with Crippen molar-refractivity contribution in [3.8, 4) is 0 Å². The molecule has 29 heavy (non-hydrogen) atoms. The summed E-state index contributed by atoms with van der Waals surface area (Å²) in [7, 11) is -3.63. The summed E-state index contributed by atoms with van der Waals surface area (Å²) in [6.07, 6.45) is 3.38. The van der Waals surface area contributed by atoms with Crippen LogP contribution in [0.2, 0.25) is 0 Å². The van der Waals surface area contributed by atoms with E-state index in [1.807, 2.05) is 6.92 Å². The zero-order valence-electron chi connectivity index (χ0n) is 16.8. The zero-order chi connectivity index (χ0) is 21.4. The van der Waals surface area contributed by atoms with Gasteiger partial charge in [-0.05, 0) is 38.8 Å². The molecule has 3 amide bonds. The van der Waals surface area contributed by atoms with Gasteiger partial charge in [0, 0.05) is 6.04 Å². The van der Waals surface area contributed by atoms with Crippen molar-refractivity contribution in [2.24, 2.45) is 0 Å². The van der Waals surface area contributed by atoms with Crippen LogP contribution in [0.1, 0.15) is 51.0 Å². The predicted octanol–water partition coefficient (Wildman–Crippen LogP) is 2.25. The highest BCUT2D eigenvalue weighted by Gasteiger charge is 2.23. The van der Waals surface area contributed by atoms with Gasteiger partial charge in [-0.2, -0.15) is 0 Å². The average Bonchev–Trinajstić information content (AvgIpc) is 2.67. The van der Waals surface area contributed by atoms with Crippen molar-refractivity contribution in [3.63, 3.8) is 0 Å². The molecular weight excluding hydrogens is 396 g/mol. The Morgan fingerprint density at radius 3 is 2.34 bits per heavy atom. The van der Waals surface area contributed by atoms with E-state index in [2.05, 4.69) is 10.6 Å². The van der Waals surface area contributed by atoms with Gasteiger partial charge < -0.3 is 10.1 Å². The monoisotopic (exact) mass is 424 g/mol. The van der Waals surface area contributed by atoms with E-state index < -0.39 is 39.6 Å². The highest BCUT2D eigenvalue weighted by molar-refractivity contribution is 7.91. The number of carbonyl (C=O) groups is 3. The fraction of sp³-hybridized carbons (Fsp3) is 0.550. The summed E-state index contributed by atoms with van der Waals surface area (Å²) >= 11 is 0. The molecule has 1 aromatic carbocycles. The molecule has 2 rings (SSSR count). The fourth-order valence-corrected chi connectivity index (χ4v) is 4.29. The van der Waals surface area contributed by atoms with Gasteiger partial charge in [0.2, 0.25) is 0 Å². The van der Waals surface area contributed by atoms with Crippen molar-refractivity contribution in [1.82, 2.24) is 10.6 Å². The molecule has 9 heteroatoms. The van der Waals surface area contributed by atoms with E-state index in [9.17, 15) is 22.8 Å². The first-order valence-corrected chi connectivity index (χ1v) is 11.4. The third-order valence-corrected chi connectivity index (χ3v) is 6.54. The molecule has 1 unspecified atom stereocenters. The summed E-state index contributed by atoms with van der Waals surface area (Å²) in [6.45, 7) is 3.17. The number of nitrogens with one attached hydrogen (secondary N) is 2. The van der Waals surface area contributed by atoms with Crippen LogP contribution in [0.15, 0.2) is 29.2 Å². The van der Waals surface area contributed by atoms with Gasteiger partial charge in [-0.25, -0.2) is 13.2 Å². The lowest BCUT2D eigenvalue weighted by atomic mass is 9.96. The van der Waals surface area contributed by atoms with E-state index >= 15 is 0 Å². The number of esters is 1. The van der Waals surface area contributed by atoms with Crippen LogP contribution in [0.5, 0.6) is 0 Å². The molecule has 0 spiro atoms. The number of sulfone groups is 1. The van der Waals surface area contributed by atoms with E-state index in [1.54, 1.807) is 12.1 Å². The molecule has 1 aliphatic carbocycles. The molecule has 0 heterocycles. The Balaban J connectivity index is 1.76. The van der Waals surface area contributed by atoms with E-state index in [0.717, 1.165) is 37.7 Å². The van der Waals surface area contributed by atoms with Crippen molar-refractivity contribution in [2.75, 3.05) is 5.75 Å². The van der Waals surface area contributed by atoms with Crippen LogP contribution in [-0.2, 0) is 24.2 Å². The number of ether oxygens (including phenoxy) is 1. The number of imide groups is 1. The number of carbonyl (C=O) groups excluding carboxylic acids is 3. The van der Waals surface area contributed by atoms with Gasteiger partial charge >= 0.3 is 12.0 Å². The Bertz CT molecular complexity index is 829. The van der Waals surface area contributed by atoms with Gasteiger partial charge in [-0.3, -0.25) is 14.9 Å². The Hall–Kier alpha value is -2.42. The second-order valence-corrected chi connectivity index (χ2v) is 9.42. The molecule has 0 saturated heterocycles. The largest absolute Gasteiger partial charge is 0.453 e. The number of amides is 3. The lowest BCUT2D eigenvalue weighted by Crippen LogP contribution is -2.48. The number of rotatable bonds is 7. The van der Waals surface area contributed by atoms with Gasteiger partial charge in [0.1, 0.15) is 0 Å². The van der Waals surface area contributed by atoms with Gasteiger partial charge in [0.15, 0.2) is 15.9 Å². The normalized spacial score (nSPS) is 15.9. The van der Waals surface area contributed by atoms with Crippen molar-refractivity contribution in [1.29, 1.82) is 0 Å².